The first-order chi connectivity index (χ1) is 9.61. The van der Waals surface area contributed by atoms with Crippen LogP contribution in [0.2, 0.25) is 0 Å². The molecule has 2 atom stereocenters. The minimum Gasteiger partial charge on any atom is -0.338 e. The second-order valence-electron chi connectivity index (χ2n) is 5.62. The number of nitrogens with one attached hydrogen (secondary N) is 1. The van der Waals surface area contributed by atoms with Crippen molar-refractivity contribution in [3.05, 3.63) is 35.6 Å². The zero-order valence-corrected chi connectivity index (χ0v) is 13.5. The van der Waals surface area contributed by atoms with Crippen molar-refractivity contribution in [3.63, 3.8) is 0 Å². The predicted octanol–water partition coefficient (Wildman–Crippen LogP) is 2.64. The second kappa shape index (κ2) is 8.35. The first-order valence-electron chi connectivity index (χ1n) is 7.31. The van der Waals surface area contributed by atoms with Crippen molar-refractivity contribution in [3.8, 4) is 0 Å². The third-order valence-electron chi connectivity index (χ3n) is 3.95. The molecule has 5 heteroatoms. The minimum atomic E-state index is -0.239. The standard InChI is InChI=1S/C16H23FN2O.ClH/c1-12(9-13-5-3-6-14(17)10-13)16(20)19-8-4-7-15(19)11-18-2;/h3,5-6,10,12,15,18H,4,7-9,11H2,1-2H3;1H. The fraction of sp³-hybridized carbons (Fsp3) is 0.562. The average Bonchev–Trinajstić information content (AvgIpc) is 2.86. The van der Waals surface area contributed by atoms with Gasteiger partial charge in [-0.15, -0.1) is 12.4 Å². The van der Waals surface area contributed by atoms with Gasteiger partial charge in [0.15, 0.2) is 0 Å². The van der Waals surface area contributed by atoms with Gasteiger partial charge in [0, 0.05) is 25.0 Å². The van der Waals surface area contributed by atoms with Crippen molar-refractivity contribution in [2.75, 3.05) is 20.1 Å². The van der Waals surface area contributed by atoms with Crippen LogP contribution in [0.4, 0.5) is 4.39 Å². The highest BCUT2D eigenvalue weighted by Gasteiger charge is 2.30. The van der Waals surface area contributed by atoms with Crippen LogP contribution in [-0.2, 0) is 11.2 Å². The Morgan fingerprint density at radius 3 is 2.95 bits per heavy atom. The molecule has 1 saturated heterocycles. The lowest BCUT2D eigenvalue weighted by molar-refractivity contribution is -0.135. The molecule has 1 aliphatic rings. The highest BCUT2D eigenvalue weighted by Crippen LogP contribution is 2.21. The van der Waals surface area contributed by atoms with Crippen molar-refractivity contribution < 1.29 is 9.18 Å². The van der Waals surface area contributed by atoms with Crippen LogP contribution in [0, 0.1) is 11.7 Å². The van der Waals surface area contributed by atoms with Gasteiger partial charge in [0.05, 0.1) is 0 Å². The lowest BCUT2D eigenvalue weighted by Crippen LogP contribution is -2.43. The van der Waals surface area contributed by atoms with E-state index >= 15 is 0 Å². The first kappa shape index (κ1) is 17.9. The number of amides is 1. The Balaban J connectivity index is 0.00000220. The van der Waals surface area contributed by atoms with Crippen LogP contribution in [0.3, 0.4) is 0 Å². The summed E-state index contributed by atoms with van der Waals surface area (Å²) >= 11 is 0. The Bertz CT molecular complexity index is 469. The number of benzene rings is 1. The maximum absolute atomic E-state index is 13.2. The second-order valence-corrected chi connectivity index (χ2v) is 5.62. The summed E-state index contributed by atoms with van der Waals surface area (Å²) in [5.74, 6) is -0.155. The monoisotopic (exact) mass is 314 g/mol. The normalized spacial score (nSPS) is 19.2. The van der Waals surface area contributed by atoms with Gasteiger partial charge in [-0.2, -0.15) is 0 Å². The van der Waals surface area contributed by atoms with E-state index in [0.717, 1.165) is 31.5 Å². The summed E-state index contributed by atoms with van der Waals surface area (Å²) in [6.07, 6.45) is 2.74. The number of halogens is 2. The van der Waals surface area contributed by atoms with Crippen LogP contribution in [-0.4, -0.2) is 37.0 Å². The number of likely N-dealkylation sites (tertiary alicyclic amines) is 1. The van der Waals surface area contributed by atoms with E-state index in [1.807, 2.05) is 24.9 Å². The van der Waals surface area contributed by atoms with Crippen LogP contribution in [0.15, 0.2) is 24.3 Å². The van der Waals surface area contributed by atoms with E-state index < -0.39 is 0 Å². The molecule has 1 amide bonds. The molecule has 0 bridgehead atoms. The summed E-state index contributed by atoms with van der Waals surface area (Å²) < 4.78 is 13.2. The zero-order valence-electron chi connectivity index (χ0n) is 12.6. The van der Waals surface area contributed by atoms with Gasteiger partial charge < -0.3 is 10.2 Å². The van der Waals surface area contributed by atoms with E-state index in [2.05, 4.69) is 5.32 Å². The van der Waals surface area contributed by atoms with Crippen molar-refractivity contribution in [2.24, 2.45) is 5.92 Å². The number of hydrogen-bond acceptors (Lipinski definition) is 2. The molecule has 0 aromatic heterocycles. The Labute approximate surface area is 132 Å². The smallest absolute Gasteiger partial charge is 0.226 e. The first-order valence-corrected chi connectivity index (χ1v) is 7.31. The van der Waals surface area contributed by atoms with Gasteiger partial charge in [0.25, 0.3) is 0 Å². The Kier molecular flexibility index (Phi) is 7.12. The van der Waals surface area contributed by atoms with Crippen LogP contribution in [0.1, 0.15) is 25.3 Å². The van der Waals surface area contributed by atoms with Crippen molar-refractivity contribution in [2.45, 2.75) is 32.2 Å². The Morgan fingerprint density at radius 1 is 1.52 bits per heavy atom. The minimum absolute atomic E-state index is 0. The zero-order chi connectivity index (χ0) is 14.5. The number of likely N-dealkylation sites (N-methyl/N-ethyl adjacent to an activating group) is 1. The van der Waals surface area contributed by atoms with E-state index in [-0.39, 0.29) is 30.0 Å². The molecule has 1 fully saturated rings. The molecule has 0 saturated carbocycles. The molecule has 1 aromatic carbocycles. The lowest BCUT2D eigenvalue weighted by Gasteiger charge is -2.27. The molecule has 21 heavy (non-hydrogen) atoms. The molecule has 1 aliphatic heterocycles. The molecule has 1 aromatic rings. The molecule has 0 radical (unpaired) electrons. The summed E-state index contributed by atoms with van der Waals surface area (Å²) in [7, 11) is 1.91. The van der Waals surface area contributed by atoms with Gasteiger partial charge in [-0.05, 0) is 44.0 Å². The summed E-state index contributed by atoms with van der Waals surface area (Å²) in [5.41, 5.74) is 0.884. The highest BCUT2D eigenvalue weighted by atomic mass is 35.5. The topological polar surface area (TPSA) is 32.3 Å². The molecule has 118 valence electrons. The fourth-order valence-corrected chi connectivity index (χ4v) is 2.96. The summed E-state index contributed by atoms with van der Waals surface area (Å²) in [4.78, 5) is 14.5. The molecule has 2 rings (SSSR count). The van der Waals surface area contributed by atoms with Crippen molar-refractivity contribution in [1.29, 1.82) is 0 Å². The lowest BCUT2D eigenvalue weighted by atomic mass is 9.99. The number of carbonyl (C=O) groups is 1. The van der Waals surface area contributed by atoms with Gasteiger partial charge in [-0.25, -0.2) is 4.39 Å². The number of rotatable bonds is 5. The fourth-order valence-electron chi connectivity index (χ4n) is 2.96. The molecule has 1 heterocycles. The van der Waals surface area contributed by atoms with Crippen molar-refractivity contribution in [1.82, 2.24) is 10.2 Å². The molecular weight excluding hydrogens is 291 g/mol. The summed E-state index contributed by atoms with van der Waals surface area (Å²) in [6, 6.07) is 6.82. The largest absolute Gasteiger partial charge is 0.338 e. The molecule has 0 aliphatic carbocycles. The van der Waals surface area contributed by atoms with Gasteiger partial charge in [-0.3, -0.25) is 4.79 Å². The molecule has 0 spiro atoms. The third kappa shape index (κ3) is 4.68. The number of carbonyl (C=O) groups excluding carboxylic acids is 1. The SMILES string of the molecule is CNCC1CCCN1C(=O)C(C)Cc1cccc(F)c1.Cl. The maximum atomic E-state index is 13.2. The Morgan fingerprint density at radius 2 is 2.29 bits per heavy atom. The molecule has 2 unspecified atom stereocenters. The van der Waals surface area contributed by atoms with E-state index in [9.17, 15) is 9.18 Å². The van der Waals surface area contributed by atoms with E-state index in [4.69, 9.17) is 0 Å². The van der Waals surface area contributed by atoms with Crippen LogP contribution in [0.25, 0.3) is 0 Å². The quantitative estimate of drug-likeness (QED) is 0.906. The van der Waals surface area contributed by atoms with E-state index in [1.54, 1.807) is 6.07 Å². The molecular formula is C16H24ClFN2O. The van der Waals surface area contributed by atoms with E-state index in [1.165, 1.54) is 12.1 Å². The molecule has 3 nitrogen and oxygen atoms in total. The predicted molar refractivity (Wildman–Crippen MR) is 85.2 cm³/mol. The van der Waals surface area contributed by atoms with E-state index in [0.29, 0.717) is 12.5 Å². The maximum Gasteiger partial charge on any atom is 0.226 e. The van der Waals surface area contributed by atoms with Crippen LogP contribution in [0.5, 0.6) is 0 Å². The number of hydrogen-bond donors (Lipinski definition) is 1. The van der Waals surface area contributed by atoms with Gasteiger partial charge in [-0.1, -0.05) is 19.1 Å². The third-order valence-corrected chi connectivity index (χ3v) is 3.95. The number of nitrogens with zero attached hydrogens (tertiary/aromatic N) is 1. The summed E-state index contributed by atoms with van der Waals surface area (Å²) in [6.45, 7) is 3.62. The molecule has 1 N–H and O–H groups in total. The van der Waals surface area contributed by atoms with Crippen LogP contribution < -0.4 is 5.32 Å². The Hall–Kier alpha value is -1.13. The van der Waals surface area contributed by atoms with Gasteiger partial charge in [0.2, 0.25) is 5.91 Å². The highest BCUT2D eigenvalue weighted by molar-refractivity contribution is 5.85. The summed E-state index contributed by atoms with van der Waals surface area (Å²) in [5, 5.41) is 3.15. The average molecular weight is 315 g/mol. The van der Waals surface area contributed by atoms with Crippen molar-refractivity contribution >= 4 is 18.3 Å². The van der Waals surface area contributed by atoms with Crippen LogP contribution >= 0.6 is 12.4 Å². The van der Waals surface area contributed by atoms with Gasteiger partial charge >= 0.3 is 0 Å². The van der Waals surface area contributed by atoms with Gasteiger partial charge in [0.1, 0.15) is 5.82 Å².